The third-order valence-electron chi connectivity index (χ3n) is 1.51. The molecule has 0 aliphatic heterocycles. The van der Waals surface area contributed by atoms with Gasteiger partial charge in [0.25, 0.3) is 5.91 Å². The number of nitrogens with one attached hydrogen (secondary N) is 1. The first-order chi connectivity index (χ1) is 6.27. The van der Waals surface area contributed by atoms with Crippen molar-refractivity contribution < 1.29 is 14.3 Å². The molecular formula is C9H9NO3. The number of aliphatic hydroxyl groups excluding tert-OH is 1. The Morgan fingerprint density at radius 1 is 1.85 bits per heavy atom. The van der Waals surface area contributed by atoms with E-state index in [2.05, 4.69) is 5.32 Å². The van der Waals surface area contributed by atoms with Crippen LogP contribution in [0.2, 0.25) is 0 Å². The molecule has 1 atom stereocenters. The average Bonchev–Trinajstić information content (AvgIpc) is 2.66. The van der Waals surface area contributed by atoms with Crippen LogP contribution >= 0.6 is 0 Å². The Labute approximate surface area is 75.6 Å². The largest absolute Gasteiger partial charge is 0.467 e. The van der Waals surface area contributed by atoms with Crippen molar-refractivity contribution in [1.29, 1.82) is 0 Å². The summed E-state index contributed by atoms with van der Waals surface area (Å²) in [4.78, 5) is 10.8. The van der Waals surface area contributed by atoms with E-state index in [1.54, 1.807) is 12.1 Å². The molecule has 4 nitrogen and oxygen atoms in total. The first-order valence-electron chi connectivity index (χ1n) is 3.69. The summed E-state index contributed by atoms with van der Waals surface area (Å²) in [5.74, 6) is 1.79. The van der Waals surface area contributed by atoms with Gasteiger partial charge in [-0.25, -0.2) is 0 Å². The number of terminal acetylenes is 1. The highest BCUT2D eigenvalue weighted by atomic mass is 16.3. The van der Waals surface area contributed by atoms with Crippen LogP contribution in [0, 0.1) is 12.3 Å². The average molecular weight is 179 g/mol. The molecule has 0 aromatic carbocycles. The minimum absolute atomic E-state index is 0.249. The lowest BCUT2D eigenvalue weighted by molar-refractivity contribution is -0.116. The first kappa shape index (κ1) is 9.36. The Morgan fingerprint density at radius 3 is 3.08 bits per heavy atom. The maximum atomic E-state index is 10.8. The number of aliphatic hydroxyl groups is 1. The van der Waals surface area contributed by atoms with Crippen LogP contribution in [0.4, 0.5) is 0 Å². The van der Waals surface area contributed by atoms with E-state index in [0.717, 1.165) is 0 Å². The minimum Gasteiger partial charge on any atom is -0.467 e. The molecule has 0 radical (unpaired) electrons. The SMILES string of the molecule is C#CC(=O)NC(CO)c1ccco1. The Morgan fingerprint density at radius 2 is 2.62 bits per heavy atom. The van der Waals surface area contributed by atoms with Gasteiger partial charge in [-0.3, -0.25) is 4.79 Å². The van der Waals surface area contributed by atoms with E-state index in [-0.39, 0.29) is 6.61 Å². The molecule has 0 aliphatic carbocycles. The number of rotatable bonds is 3. The van der Waals surface area contributed by atoms with Crippen molar-refractivity contribution in [2.24, 2.45) is 0 Å². The van der Waals surface area contributed by atoms with Crippen molar-refractivity contribution in [1.82, 2.24) is 5.32 Å². The van der Waals surface area contributed by atoms with Gasteiger partial charge in [-0.05, 0) is 18.1 Å². The normalized spacial score (nSPS) is 11.7. The molecule has 4 heteroatoms. The van der Waals surface area contributed by atoms with Gasteiger partial charge in [0, 0.05) is 0 Å². The van der Waals surface area contributed by atoms with Crippen molar-refractivity contribution in [3.63, 3.8) is 0 Å². The molecule has 2 N–H and O–H groups in total. The number of carbonyl (C=O) groups is 1. The summed E-state index contributed by atoms with van der Waals surface area (Å²) in [5, 5.41) is 11.3. The monoisotopic (exact) mass is 179 g/mol. The number of furan rings is 1. The molecular weight excluding hydrogens is 170 g/mol. The van der Waals surface area contributed by atoms with Gasteiger partial charge in [-0.15, -0.1) is 6.42 Å². The summed E-state index contributed by atoms with van der Waals surface area (Å²) in [6.45, 7) is -0.249. The highest BCUT2D eigenvalue weighted by Crippen LogP contribution is 2.11. The van der Waals surface area contributed by atoms with Gasteiger partial charge in [0.15, 0.2) is 0 Å². The van der Waals surface area contributed by atoms with Crippen LogP contribution in [0.25, 0.3) is 0 Å². The third-order valence-corrected chi connectivity index (χ3v) is 1.51. The van der Waals surface area contributed by atoms with Crippen LogP contribution in [0.5, 0.6) is 0 Å². The van der Waals surface area contributed by atoms with Crippen molar-refractivity contribution in [2.45, 2.75) is 6.04 Å². The van der Waals surface area contributed by atoms with Gasteiger partial charge in [0.05, 0.1) is 12.9 Å². The van der Waals surface area contributed by atoms with Crippen molar-refractivity contribution in [3.05, 3.63) is 24.2 Å². The smallest absolute Gasteiger partial charge is 0.296 e. The number of hydrogen-bond donors (Lipinski definition) is 2. The number of hydrogen-bond acceptors (Lipinski definition) is 3. The van der Waals surface area contributed by atoms with E-state index in [1.165, 1.54) is 6.26 Å². The van der Waals surface area contributed by atoms with Gasteiger partial charge in [-0.1, -0.05) is 0 Å². The predicted octanol–water partition coefficient (Wildman–Crippen LogP) is 0.0624. The van der Waals surface area contributed by atoms with Crippen LogP contribution in [0.3, 0.4) is 0 Å². The zero-order valence-corrected chi connectivity index (χ0v) is 6.86. The summed E-state index contributed by atoms with van der Waals surface area (Å²) in [7, 11) is 0. The van der Waals surface area contributed by atoms with E-state index in [9.17, 15) is 4.79 Å². The van der Waals surface area contributed by atoms with E-state index in [4.69, 9.17) is 15.9 Å². The highest BCUT2D eigenvalue weighted by Gasteiger charge is 2.14. The Bertz CT molecular complexity index is 310. The minimum atomic E-state index is -0.574. The molecule has 0 spiro atoms. The van der Waals surface area contributed by atoms with Crippen LogP contribution in [0.1, 0.15) is 11.8 Å². The quantitative estimate of drug-likeness (QED) is 0.645. The topological polar surface area (TPSA) is 62.5 Å². The molecule has 1 unspecified atom stereocenters. The van der Waals surface area contributed by atoms with Crippen molar-refractivity contribution >= 4 is 5.91 Å². The fourth-order valence-electron chi connectivity index (χ4n) is 0.896. The van der Waals surface area contributed by atoms with Crippen molar-refractivity contribution in [3.8, 4) is 12.3 Å². The molecule has 0 saturated heterocycles. The van der Waals surface area contributed by atoms with E-state index >= 15 is 0 Å². The van der Waals surface area contributed by atoms with Gasteiger partial charge < -0.3 is 14.8 Å². The van der Waals surface area contributed by atoms with Gasteiger partial charge in [-0.2, -0.15) is 0 Å². The van der Waals surface area contributed by atoms with E-state index < -0.39 is 11.9 Å². The summed E-state index contributed by atoms with van der Waals surface area (Å²) in [6.07, 6.45) is 6.31. The maximum absolute atomic E-state index is 10.8. The predicted molar refractivity (Wildman–Crippen MR) is 45.5 cm³/mol. The van der Waals surface area contributed by atoms with E-state index in [1.807, 2.05) is 5.92 Å². The summed E-state index contributed by atoms with van der Waals surface area (Å²) in [6, 6.07) is 2.75. The lowest BCUT2D eigenvalue weighted by atomic mass is 10.2. The molecule has 68 valence electrons. The second kappa shape index (κ2) is 4.33. The summed E-state index contributed by atoms with van der Waals surface area (Å²) >= 11 is 0. The molecule has 1 heterocycles. The maximum Gasteiger partial charge on any atom is 0.296 e. The summed E-state index contributed by atoms with van der Waals surface area (Å²) in [5.41, 5.74) is 0. The van der Waals surface area contributed by atoms with Crippen molar-refractivity contribution in [2.75, 3.05) is 6.61 Å². The Hall–Kier alpha value is -1.73. The fourth-order valence-corrected chi connectivity index (χ4v) is 0.896. The molecule has 0 fully saturated rings. The molecule has 0 saturated carbocycles. The number of carbonyl (C=O) groups excluding carboxylic acids is 1. The van der Waals surface area contributed by atoms with E-state index in [0.29, 0.717) is 5.76 Å². The third kappa shape index (κ3) is 2.36. The second-order valence-corrected chi connectivity index (χ2v) is 2.37. The van der Waals surface area contributed by atoms with Crippen LogP contribution < -0.4 is 5.32 Å². The molecule has 1 amide bonds. The van der Waals surface area contributed by atoms with Crippen LogP contribution in [-0.2, 0) is 4.79 Å². The number of amides is 1. The summed E-state index contributed by atoms with van der Waals surface area (Å²) < 4.78 is 4.99. The van der Waals surface area contributed by atoms with Crippen LogP contribution in [0.15, 0.2) is 22.8 Å². The fraction of sp³-hybridized carbons (Fsp3) is 0.222. The zero-order chi connectivity index (χ0) is 9.68. The zero-order valence-electron chi connectivity index (χ0n) is 6.86. The highest BCUT2D eigenvalue weighted by molar-refractivity contribution is 5.93. The molecule has 1 aromatic rings. The molecule has 0 aliphatic rings. The van der Waals surface area contributed by atoms with Gasteiger partial charge >= 0.3 is 0 Å². The first-order valence-corrected chi connectivity index (χ1v) is 3.69. The Kier molecular flexibility index (Phi) is 3.12. The van der Waals surface area contributed by atoms with Crippen LogP contribution in [-0.4, -0.2) is 17.6 Å². The Balaban J connectivity index is 2.65. The lowest BCUT2D eigenvalue weighted by Gasteiger charge is -2.10. The molecule has 1 rings (SSSR count). The second-order valence-electron chi connectivity index (χ2n) is 2.37. The standard InChI is InChI=1S/C9H9NO3/c1-2-9(12)10-7(6-11)8-4-3-5-13-8/h1,3-5,7,11H,6H2,(H,10,12). The van der Waals surface area contributed by atoms with Gasteiger partial charge in [0.2, 0.25) is 0 Å². The molecule has 0 bridgehead atoms. The lowest BCUT2D eigenvalue weighted by Crippen LogP contribution is -2.29. The molecule has 13 heavy (non-hydrogen) atoms. The van der Waals surface area contributed by atoms with Gasteiger partial charge in [0.1, 0.15) is 11.8 Å². The molecule has 1 aromatic heterocycles.